The second-order valence-corrected chi connectivity index (χ2v) is 3.42. The Morgan fingerprint density at radius 3 is 1.94 bits per heavy atom. The van der Waals surface area contributed by atoms with Crippen LogP contribution in [-0.4, -0.2) is 0 Å². The molecule has 0 atom stereocenters. The van der Waals surface area contributed by atoms with Gasteiger partial charge in [0.25, 0.3) is 0 Å². The summed E-state index contributed by atoms with van der Waals surface area (Å²) in [6.07, 6.45) is 1.10. The summed E-state index contributed by atoms with van der Waals surface area (Å²) in [6.45, 7) is 6.18. The van der Waals surface area contributed by atoms with Crippen LogP contribution in [0.5, 0.6) is 0 Å². The van der Waals surface area contributed by atoms with Crippen LogP contribution in [0.25, 0.3) is 11.1 Å². The molecule has 0 radical (unpaired) electrons. The van der Waals surface area contributed by atoms with Crippen molar-refractivity contribution in [3.8, 4) is 11.1 Å². The van der Waals surface area contributed by atoms with Crippen molar-refractivity contribution in [1.82, 2.24) is 0 Å². The SMILES string of the molecule is C.CC.CCc1cccc(-c2ccccc2)c1. The average Bonchev–Trinajstić information content (AvgIpc) is 2.42. The van der Waals surface area contributed by atoms with Gasteiger partial charge in [-0.1, -0.05) is 82.8 Å². The monoisotopic (exact) mass is 228 g/mol. The molecular weight excluding hydrogens is 204 g/mol. The Morgan fingerprint density at radius 1 is 0.765 bits per heavy atom. The van der Waals surface area contributed by atoms with Crippen molar-refractivity contribution in [2.24, 2.45) is 0 Å². The topological polar surface area (TPSA) is 0 Å². The Balaban J connectivity index is 0.000000811. The molecule has 0 aromatic heterocycles. The molecule has 0 N–H and O–H groups in total. The van der Waals surface area contributed by atoms with E-state index in [1.807, 2.05) is 19.9 Å². The molecule has 0 spiro atoms. The van der Waals surface area contributed by atoms with Gasteiger partial charge in [0.1, 0.15) is 0 Å². The minimum Gasteiger partial charge on any atom is -0.0776 e. The summed E-state index contributed by atoms with van der Waals surface area (Å²) in [4.78, 5) is 0. The number of benzene rings is 2. The highest BCUT2D eigenvalue weighted by Gasteiger charge is 1.96. The Labute approximate surface area is 106 Å². The molecule has 2 rings (SSSR count). The van der Waals surface area contributed by atoms with Gasteiger partial charge in [-0.25, -0.2) is 0 Å². The maximum atomic E-state index is 2.26. The maximum Gasteiger partial charge on any atom is -0.0181 e. The van der Waals surface area contributed by atoms with Crippen LogP contribution in [0, 0.1) is 0 Å². The Morgan fingerprint density at radius 2 is 1.35 bits per heavy atom. The normalized spacial score (nSPS) is 8.65. The lowest BCUT2D eigenvalue weighted by molar-refractivity contribution is 1.14. The first kappa shape index (κ1) is 15.4. The molecule has 0 fully saturated rings. The van der Waals surface area contributed by atoms with Crippen LogP contribution in [0.2, 0.25) is 0 Å². The van der Waals surface area contributed by atoms with Gasteiger partial charge in [0.2, 0.25) is 0 Å². The van der Waals surface area contributed by atoms with Gasteiger partial charge < -0.3 is 0 Å². The zero-order valence-electron chi connectivity index (χ0n) is 10.4. The second-order valence-electron chi connectivity index (χ2n) is 3.42. The van der Waals surface area contributed by atoms with Crippen molar-refractivity contribution in [2.75, 3.05) is 0 Å². The van der Waals surface area contributed by atoms with E-state index in [2.05, 4.69) is 55.5 Å². The Hall–Kier alpha value is -1.56. The van der Waals surface area contributed by atoms with Gasteiger partial charge in [0.15, 0.2) is 0 Å². The summed E-state index contributed by atoms with van der Waals surface area (Å²) in [5.41, 5.74) is 4.00. The minimum absolute atomic E-state index is 0. The predicted octanol–water partition coefficient (Wildman–Crippen LogP) is 5.58. The summed E-state index contributed by atoms with van der Waals surface area (Å²) in [7, 11) is 0. The van der Waals surface area contributed by atoms with Crippen molar-refractivity contribution in [3.05, 3.63) is 60.2 Å². The smallest absolute Gasteiger partial charge is 0.0181 e. The lowest BCUT2D eigenvalue weighted by Gasteiger charge is -2.03. The van der Waals surface area contributed by atoms with E-state index >= 15 is 0 Å². The quantitative estimate of drug-likeness (QED) is 0.629. The first-order valence-electron chi connectivity index (χ1n) is 6.04. The summed E-state index contributed by atoms with van der Waals surface area (Å²) < 4.78 is 0. The molecule has 0 aliphatic heterocycles. The molecule has 0 saturated heterocycles. The molecular formula is C17H24. The first-order valence-corrected chi connectivity index (χ1v) is 6.04. The highest BCUT2D eigenvalue weighted by Crippen LogP contribution is 2.19. The largest absolute Gasteiger partial charge is 0.0776 e. The van der Waals surface area contributed by atoms with E-state index in [1.165, 1.54) is 16.7 Å². The molecule has 17 heavy (non-hydrogen) atoms. The molecule has 0 nitrogen and oxygen atoms in total. The lowest BCUT2D eigenvalue weighted by Crippen LogP contribution is -1.81. The molecule has 2 aromatic rings. The second kappa shape index (κ2) is 8.58. The van der Waals surface area contributed by atoms with Gasteiger partial charge in [-0.15, -0.1) is 0 Å². The van der Waals surface area contributed by atoms with E-state index < -0.39 is 0 Å². The third-order valence-corrected chi connectivity index (χ3v) is 2.44. The van der Waals surface area contributed by atoms with Crippen LogP contribution < -0.4 is 0 Å². The number of rotatable bonds is 2. The number of hydrogen-bond acceptors (Lipinski definition) is 0. The van der Waals surface area contributed by atoms with E-state index in [9.17, 15) is 0 Å². The molecule has 92 valence electrons. The van der Waals surface area contributed by atoms with E-state index in [0.29, 0.717) is 0 Å². The molecule has 0 bridgehead atoms. The van der Waals surface area contributed by atoms with Gasteiger partial charge in [0.05, 0.1) is 0 Å². The molecule has 0 amide bonds. The fraction of sp³-hybridized carbons (Fsp3) is 0.294. The molecule has 0 aliphatic carbocycles. The van der Waals surface area contributed by atoms with E-state index in [-0.39, 0.29) is 7.43 Å². The zero-order chi connectivity index (χ0) is 11.8. The first-order chi connectivity index (χ1) is 7.90. The lowest BCUT2D eigenvalue weighted by atomic mass is 10.0. The van der Waals surface area contributed by atoms with Crippen molar-refractivity contribution >= 4 is 0 Å². The van der Waals surface area contributed by atoms with Crippen LogP contribution in [-0.2, 0) is 6.42 Å². The standard InChI is InChI=1S/C14H14.C2H6.CH4/c1-2-12-7-6-10-14(11-12)13-8-4-3-5-9-13;1-2;/h3-11H,2H2,1H3;1-2H3;1H4. The fourth-order valence-corrected chi connectivity index (χ4v) is 1.60. The minimum atomic E-state index is 0. The zero-order valence-corrected chi connectivity index (χ0v) is 10.4. The van der Waals surface area contributed by atoms with E-state index in [4.69, 9.17) is 0 Å². The van der Waals surface area contributed by atoms with Crippen LogP contribution in [0.4, 0.5) is 0 Å². The Kier molecular flexibility index (Phi) is 7.79. The number of hydrogen-bond donors (Lipinski definition) is 0. The van der Waals surface area contributed by atoms with Crippen molar-refractivity contribution in [1.29, 1.82) is 0 Å². The van der Waals surface area contributed by atoms with Gasteiger partial charge in [0, 0.05) is 0 Å². The highest BCUT2D eigenvalue weighted by molar-refractivity contribution is 5.63. The van der Waals surface area contributed by atoms with E-state index in [1.54, 1.807) is 0 Å². The van der Waals surface area contributed by atoms with Crippen LogP contribution in [0.3, 0.4) is 0 Å². The predicted molar refractivity (Wildman–Crippen MR) is 79.3 cm³/mol. The fourth-order valence-electron chi connectivity index (χ4n) is 1.60. The molecule has 0 saturated carbocycles. The molecule has 0 unspecified atom stereocenters. The summed E-state index contributed by atoms with van der Waals surface area (Å²) in [5.74, 6) is 0. The summed E-state index contributed by atoms with van der Waals surface area (Å²) >= 11 is 0. The summed E-state index contributed by atoms with van der Waals surface area (Å²) in [5, 5.41) is 0. The van der Waals surface area contributed by atoms with Crippen molar-refractivity contribution < 1.29 is 0 Å². The Bertz CT molecular complexity index is 401. The van der Waals surface area contributed by atoms with Crippen LogP contribution in [0.15, 0.2) is 54.6 Å². The van der Waals surface area contributed by atoms with Crippen LogP contribution in [0.1, 0.15) is 33.8 Å². The third-order valence-electron chi connectivity index (χ3n) is 2.44. The van der Waals surface area contributed by atoms with Crippen molar-refractivity contribution in [2.45, 2.75) is 34.6 Å². The van der Waals surface area contributed by atoms with Gasteiger partial charge in [-0.2, -0.15) is 0 Å². The molecule has 0 heterocycles. The highest BCUT2D eigenvalue weighted by atomic mass is 14.0. The average molecular weight is 228 g/mol. The summed E-state index contributed by atoms with van der Waals surface area (Å²) in [6, 6.07) is 19.2. The molecule has 0 aliphatic rings. The molecule has 2 aromatic carbocycles. The van der Waals surface area contributed by atoms with Gasteiger partial charge in [-0.05, 0) is 23.1 Å². The van der Waals surface area contributed by atoms with E-state index in [0.717, 1.165) is 6.42 Å². The maximum absolute atomic E-state index is 2.26. The third kappa shape index (κ3) is 4.44. The number of aryl methyl sites for hydroxylation is 1. The van der Waals surface area contributed by atoms with Gasteiger partial charge >= 0.3 is 0 Å². The van der Waals surface area contributed by atoms with Crippen molar-refractivity contribution in [3.63, 3.8) is 0 Å². The van der Waals surface area contributed by atoms with Crippen LogP contribution >= 0.6 is 0 Å². The molecule has 0 heteroatoms. The van der Waals surface area contributed by atoms with Gasteiger partial charge in [-0.3, -0.25) is 0 Å².